The van der Waals surface area contributed by atoms with E-state index in [2.05, 4.69) is 15.9 Å². The minimum Gasteiger partial charge on any atom is -0.339 e. The first-order valence-corrected chi connectivity index (χ1v) is 7.72. The van der Waals surface area contributed by atoms with Crippen LogP contribution in [0, 0.1) is 0 Å². The number of amides is 2. The third kappa shape index (κ3) is 3.33. The van der Waals surface area contributed by atoms with Gasteiger partial charge in [-0.15, -0.1) is 0 Å². The van der Waals surface area contributed by atoms with E-state index in [1.165, 1.54) is 0 Å². The molecule has 0 bridgehead atoms. The van der Waals surface area contributed by atoms with Gasteiger partial charge in [0.1, 0.15) is 0 Å². The number of piperazine rings is 1. The first-order chi connectivity index (χ1) is 9.52. The summed E-state index contributed by atoms with van der Waals surface area (Å²) in [6, 6.07) is 5.24. The zero-order valence-electron chi connectivity index (χ0n) is 11.2. The fourth-order valence-corrected chi connectivity index (χ4v) is 2.97. The van der Waals surface area contributed by atoms with Crippen LogP contribution in [0.25, 0.3) is 0 Å². The molecule has 2 rings (SSSR count). The van der Waals surface area contributed by atoms with Gasteiger partial charge < -0.3 is 9.80 Å². The highest BCUT2D eigenvalue weighted by atomic mass is 79.9. The van der Waals surface area contributed by atoms with Crippen molar-refractivity contribution in [3.63, 3.8) is 0 Å². The van der Waals surface area contributed by atoms with Crippen molar-refractivity contribution in [2.24, 2.45) is 0 Å². The molecule has 0 saturated carbocycles. The third-order valence-electron chi connectivity index (χ3n) is 3.38. The number of hydrogen-bond acceptors (Lipinski definition) is 2. The fourth-order valence-electron chi connectivity index (χ4n) is 2.22. The molecule has 1 heterocycles. The van der Waals surface area contributed by atoms with E-state index in [0.29, 0.717) is 43.2 Å². The van der Waals surface area contributed by atoms with Crippen molar-refractivity contribution in [2.75, 3.05) is 26.2 Å². The Morgan fingerprint density at radius 2 is 1.80 bits per heavy atom. The Bertz CT molecular complexity index is 528. The van der Waals surface area contributed by atoms with Gasteiger partial charge >= 0.3 is 0 Å². The lowest BCUT2D eigenvalue weighted by Crippen LogP contribution is -2.50. The van der Waals surface area contributed by atoms with Gasteiger partial charge in [0.15, 0.2) is 0 Å². The maximum atomic E-state index is 12.4. The highest BCUT2D eigenvalue weighted by Crippen LogP contribution is 2.23. The van der Waals surface area contributed by atoms with Crippen molar-refractivity contribution in [3.8, 4) is 0 Å². The molecule has 1 aliphatic heterocycles. The van der Waals surface area contributed by atoms with E-state index in [0.717, 1.165) is 4.47 Å². The molecule has 0 unspecified atom stereocenters. The number of nitrogens with zero attached hydrogens (tertiary/aromatic N) is 2. The summed E-state index contributed by atoms with van der Waals surface area (Å²) in [6.45, 7) is 4.13. The van der Waals surface area contributed by atoms with Crippen LogP contribution in [0.2, 0.25) is 5.02 Å². The summed E-state index contributed by atoms with van der Waals surface area (Å²) in [6.07, 6.45) is 0.506. The topological polar surface area (TPSA) is 40.6 Å². The van der Waals surface area contributed by atoms with Crippen molar-refractivity contribution in [1.82, 2.24) is 9.80 Å². The van der Waals surface area contributed by atoms with E-state index in [9.17, 15) is 9.59 Å². The van der Waals surface area contributed by atoms with E-state index in [1.807, 2.05) is 6.92 Å². The van der Waals surface area contributed by atoms with Crippen molar-refractivity contribution in [3.05, 3.63) is 33.3 Å². The van der Waals surface area contributed by atoms with E-state index < -0.39 is 0 Å². The van der Waals surface area contributed by atoms with Gasteiger partial charge in [0.25, 0.3) is 5.91 Å². The molecule has 0 radical (unpaired) electrons. The first kappa shape index (κ1) is 15.3. The van der Waals surface area contributed by atoms with Gasteiger partial charge in [0, 0.05) is 37.1 Å². The van der Waals surface area contributed by atoms with Crippen LogP contribution in [-0.4, -0.2) is 47.8 Å². The maximum Gasteiger partial charge on any atom is 0.255 e. The zero-order chi connectivity index (χ0) is 14.7. The Hall–Kier alpha value is -1.07. The third-order valence-corrected chi connectivity index (χ3v) is 4.19. The van der Waals surface area contributed by atoms with Crippen LogP contribution >= 0.6 is 27.5 Å². The standard InChI is InChI=1S/C14H16BrClN2O2/c1-2-13(19)17-5-7-18(8-6-17)14(20)11-4-3-10(15)9-12(11)16/h3-4,9H,2,5-8H2,1H3. The zero-order valence-corrected chi connectivity index (χ0v) is 13.6. The Kier molecular flexibility index (Phi) is 5.05. The molecule has 0 aromatic heterocycles. The number of halogens is 2. The van der Waals surface area contributed by atoms with E-state index in [4.69, 9.17) is 11.6 Å². The van der Waals surface area contributed by atoms with Gasteiger partial charge in [-0.25, -0.2) is 0 Å². The van der Waals surface area contributed by atoms with Gasteiger partial charge in [0.2, 0.25) is 5.91 Å². The summed E-state index contributed by atoms with van der Waals surface area (Å²) in [7, 11) is 0. The Morgan fingerprint density at radius 1 is 1.20 bits per heavy atom. The largest absolute Gasteiger partial charge is 0.339 e. The second-order valence-corrected chi connectivity index (χ2v) is 5.97. The average molecular weight is 360 g/mol. The highest BCUT2D eigenvalue weighted by molar-refractivity contribution is 9.10. The molecule has 0 aliphatic carbocycles. The lowest BCUT2D eigenvalue weighted by molar-refractivity contribution is -0.132. The summed E-state index contributed by atoms with van der Waals surface area (Å²) in [5.41, 5.74) is 0.505. The second-order valence-electron chi connectivity index (χ2n) is 4.65. The molecular weight excluding hydrogens is 344 g/mol. The molecular formula is C14H16BrClN2O2. The molecule has 6 heteroatoms. The average Bonchev–Trinajstić information content (AvgIpc) is 2.46. The lowest BCUT2D eigenvalue weighted by Gasteiger charge is -2.34. The smallest absolute Gasteiger partial charge is 0.255 e. The fraction of sp³-hybridized carbons (Fsp3) is 0.429. The Morgan fingerprint density at radius 3 is 2.35 bits per heavy atom. The molecule has 1 aromatic carbocycles. The molecule has 1 aliphatic rings. The minimum atomic E-state index is -0.0777. The van der Waals surface area contributed by atoms with E-state index >= 15 is 0 Å². The van der Waals surface area contributed by atoms with Crippen LogP contribution in [0.4, 0.5) is 0 Å². The normalized spacial score (nSPS) is 15.3. The number of carbonyl (C=O) groups is 2. The molecule has 0 spiro atoms. The van der Waals surface area contributed by atoms with E-state index in [-0.39, 0.29) is 11.8 Å². The van der Waals surface area contributed by atoms with Crippen LogP contribution in [0.15, 0.2) is 22.7 Å². The number of hydrogen-bond donors (Lipinski definition) is 0. The predicted octanol–water partition coefficient (Wildman–Crippen LogP) is 2.80. The van der Waals surface area contributed by atoms with Gasteiger partial charge in [0.05, 0.1) is 10.6 Å². The summed E-state index contributed by atoms with van der Waals surface area (Å²) in [4.78, 5) is 27.5. The van der Waals surface area contributed by atoms with E-state index in [1.54, 1.807) is 28.0 Å². The van der Waals surface area contributed by atoms with Crippen molar-refractivity contribution in [1.29, 1.82) is 0 Å². The first-order valence-electron chi connectivity index (χ1n) is 6.55. The molecule has 1 fully saturated rings. The molecule has 1 aromatic rings. The maximum absolute atomic E-state index is 12.4. The summed E-state index contributed by atoms with van der Waals surface area (Å²) in [5.74, 6) is 0.0601. The van der Waals surface area contributed by atoms with Crippen LogP contribution < -0.4 is 0 Å². The summed E-state index contributed by atoms with van der Waals surface area (Å²) >= 11 is 9.42. The molecule has 20 heavy (non-hydrogen) atoms. The van der Waals surface area contributed by atoms with Gasteiger partial charge in [-0.1, -0.05) is 34.5 Å². The second kappa shape index (κ2) is 6.59. The van der Waals surface area contributed by atoms with Crippen molar-refractivity contribution < 1.29 is 9.59 Å². The molecule has 2 amide bonds. The molecule has 1 saturated heterocycles. The molecule has 0 atom stereocenters. The number of carbonyl (C=O) groups excluding carboxylic acids is 2. The van der Waals surface area contributed by atoms with Gasteiger partial charge in [-0.3, -0.25) is 9.59 Å². The van der Waals surface area contributed by atoms with Crippen molar-refractivity contribution in [2.45, 2.75) is 13.3 Å². The molecule has 4 nitrogen and oxygen atoms in total. The predicted molar refractivity (Wildman–Crippen MR) is 81.9 cm³/mol. The SMILES string of the molecule is CCC(=O)N1CCN(C(=O)c2ccc(Br)cc2Cl)CC1. The van der Waals surface area contributed by atoms with Crippen LogP contribution in [0.1, 0.15) is 23.7 Å². The summed E-state index contributed by atoms with van der Waals surface area (Å²) in [5, 5.41) is 0.441. The van der Waals surface area contributed by atoms with Gasteiger partial charge in [-0.2, -0.15) is 0 Å². The number of rotatable bonds is 2. The van der Waals surface area contributed by atoms with Gasteiger partial charge in [-0.05, 0) is 18.2 Å². The molecule has 0 N–H and O–H groups in total. The summed E-state index contributed by atoms with van der Waals surface area (Å²) < 4.78 is 0.845. The highest BCUT2D eigenvalue weighted by Gasteiger charge is 2.25. The molecule has 108 valence electrons. The quantitative estimate of drug-likeness (QED) is 0.815. The van der Waals surface area contributed by atoms with Crippen LogP contribution in [0.5, 0.6) is 0 Å². The minimum absolute atomic E-state index is 0.0777. The van der Waals surface area contributed by atoms with Crippen LogP contribution in [0.3, 0.4) is 0 Å². The monoisotopic (exact) mass is 358 g/mol. The van der Waals surface area contributed by atoms with Crippen LogP contribution in [-0.2, 0) is 4.79 Å². The lowest BCUT2D eigenvalue weighted by atomic mass is 10.1. The Balaban J connectivity index is 2.03. The Labute approximate surface area is 131 Å². The van der Waals surface area contributed by atoms with Crippen molar-refractivity contribution >= 4 is 39.3 Å². The number of benzene rings is 1.